The molecule has 0 bridgehead atoms. The van der Waals surface area contributed by atoms with Crippen molar-refractivity contribution in [1.82, 2.24) is 0 Å². The van der Waals surface area contributed by atoms with E-state index in [9.17, 15) is 13.2 Å². The summed E-state index contributed by atoms with van der Waals surface area (Å²) in [5.41, 5.74) is 7.17. The summed E-state index contributed by atoms with van der Waals surface area (Å²) in [6.07, 6.45) is -4.39. The summed E-state index contributed by atoms with van der Waals surface area (Å²) in [7, 11) is 0. The van der Waals surface area contributed by atoms with Crippen LogP contribution in [0.15, 0.2) is 40.9 Å². The number of alkyl halides is 3. The normalized spacial score (nSPS) is 11.4. The second-order valence-corrected chi connectivity index (χ2v) is 5.30. The Morgan fingerprint density at radius 2 is 1.75 bits per heavy atom. The van der Waals surface area contributed by atoms with Gasteiger partial charge in [-0.2, -0.15) is 13.2 Å². The van der Waals surface area contributed by atoms with Crippen LogP contribution >= 0.6 is 15.9 Å². The van der Waals surface area contributed by atoms with Gasteiger partial charge in [0.1, 0.15) is 0 Å². The Labute approximate surface area is 122 Å². The molecule has 0 aliphatic rings. The summed E-state index contributed by atoms with van der Waals surface area (Å²) in [5.74, 6) is 0. The van der Waals surface area contributed by atoms with Crippen LogP contribution in [0.25, 0.3) is 0 Å². The largest absolute Gasteiger partial charge is 0.416 e. The zero-order valence-electron chi connectivity index (χ0n) is 10.6. The highest BCUT2D eigenvalue weighted by atomic mass is 79.9. The molecule has 0 aliphatic carbocycles. The first-order valence-corrected chi connectivity index (χ1v) is 6.56. The molecular formula is C14H12BrF3N2. The zero-order chi connectivity index (χ0) is 14.9. The number of halogens is 4. The molecule has 20 heavy (non-hydrogen) atoms. The lowest BCUT2D eigenvalue weighted by Crippen LogP contribution is -2.06. The molecule has 0 fully saturated rings. The number of nitrogens with two attached hydrogens (primary N) is 1. The average molecular weight is 345 g/mol. The van der Waals surface area contributed by atoms with Gasteiger partial charge in [0.15, 0.2) is 0 Å². The number of benzene rings is 2. The Balaban J connectivity index is 2.33. The molecule has 2 aromatic carbocycles. The van der Waals surface area contributed by atoms with Crippen molar-refractivity contribution >= 4 is 33.0 Å². The summed E-state index contributed by atoms with van der Waals surface area (Å²) >= 11 is 3.35. The fourth-order valence-electron chi connectivity index (χ4n) is 1.73. The van der Waals surface area contributed by atoms with E-state index in [2.05, 4.69) is 21.2 Å². The third kappa shape index (κ3) is 3.25. The minimum atomic E-state index is -4.39. The zero-order valence-corrected chi connectivity index (χ0v) is 12.1. The minimum Gasteiger partial charge on any atom is -0.397 e. The maximum absolute atomic E-state index is 12.6. The Hall–Kier alpha value is -1.69. The molecule has 6 heteroatoms. The van der Waals surface area contributed by atoms with Crippen LogP contribution in [-0.4, -0.2) is 0 Å². The van der Waals surface area contributed by atoms with Gasteiger partial charge in [-0.15, -0.1) is 0 Å². The van der Waals surface area contributed by atoms with Gasteiger partial charge in [-0.05, 0) is 42.8 Å². The van der Waals surface area contributed by atoms with Crippen LogP contribution in [0, 0.1) is 6.92 Å². The number of nitrogens with one attached hydrogen (secondary N) is 1. The molecule has 0 saturated heterocycles. The third-order valence-electron chi connectivity index (χ3n) is 2.85. The smallest absolute Gasteiger partial charge is 0.397 e. The molecule has 0 unspecified atom stereocenters. The van der Waals surface area contributed by atoms with E-state index in [1.54, 1.807) is 0 Å². The van der Waals surface area contributed by atoms with Crippen molar-refractivity contribution in [3.05, 3.63) is 52.0 Å². The van der Waals surface area contributed by atoms with Crippen molar-refractivity contribution in [2.45, 2.75) is 13.1 Å². The van der Waals surface area contributed by atoms with Crippen LogP contribution < -0.4 is 11.1 Å². The molecule has 2 nitrogen and oxygen atoms in total. The lowest BCUT2D eigenvalue weighted by Gasteiger charge is -2.14. The van der Waals surface area contributed by atoms with Gasteiger partial charge in [-0.1, -0.05) is 22.0 Å². The van der Waals surface area contributed by atoms with Crippen LogP contribution in [0.3, 0.4) is 0 Å². The van der Waals surface area contributed by atoms with E-state index in [1.165, 1.54) is 6.07 Å². The lowest BCUT2D eigenvalue weighted by atomic mass is 10.1. The Bertz CT molecular complexity index is 639. The molecule has 106 valence electrons. The second-order valence-electron chi connectivity index (χ2n) is 4.38. The van der Waals surface area contributed by atoms with Crippen molar-refractivity contribution in [2.75, 3.05) is 11.1 Å². The van der Waals surface area contributed by atoms with E-state index in [4.69, 9.17) is 5.73 Å². The van der Waals surface area contributed by atoms with Gasteiger partial charge < -0.3 is 11.1 Å². The van der Waals surface area contributed by atoms with Crippen molar-refractivity contribution in [2.24, 2.45) is 0 Å². The van der Waals surface area contributed by atoms with E-state index in [0.717, 1.165) is 27.9 Å². The maximum atomic E-state index is 12.6. The summed E-state index contributed by atoms with van der Waals surface area (Å²) in [6, 6.07) is 8.88. The number of hydrogen-bond acceptors (Lipinski definition) is 2. The lowest BCUT2D eigenvalue weighted by molar-refractivity contribution is -0.137. The number of hydrogen-bond donors (Lipinski definition) is 2. The van der Waals surface area contributed by atoms with E-state index < -0.39 is 11.7 Å². The summed E-state index contributed by atoms with van der Waals surface area (Å²) < 4.78 is 38.6. The highest BCUT2D eigenvalue weighted by Gasteiger charge is 2.30. The van der Waals surface area contributed by atoms with Crippen LogP contribution in [0.2, 0.25) is 0 Å². The molecular weight excluding hydrogens is 333 g/mol. The number of aryl methyl sites for hydroxylation is 1. The highest BCUT2D eigenvalue weighted by Crippen LogP contribution is 2.34. The SMILES string of the molecule is Cc1ccc(Br)cc1Nc1ccc(C(F)(F)F)cc1N. The van der Waals surface area contributed by atoms with Crippen LogP contribution in [-0.2, 0) is 6.18 Å². The number of rotatable bonds is 2. The van der Waals surface area contributed by atoms with E-state index in [1.807, 2.05) is 25.1 Å². The first-order chi connectivity index (χ1) is 9.27. The molecule has 0 aliphatic heterocycles. The molecule has 0 aromatic heterocycles. The molecule has 2 rings (SSSR count). The standard InChI is InChI=1S/C14H12BrF3N2/c1-8-2-4-10(15)7-13(8)20-12-5-3-9(6-11(12)19)14(16,17)18/h2-7,20H,19H2,1H3. The van der Waals surface area contributed by atoms with Gasteiger partial charge >= 0.3 is 6.18 Å². The van der Waals surface area contributed by atoms with Gasteiger partial charge in [0.25, 0.3) is 0 Å². The Morgan fingerprint density at radius 1 is 1.05 bits per heavy atom. The van der Waals surface area contributed by atoms with Crippen molar-refractivity contribution < 1.29 is 13.2 Å². The maximum Gasteiger partial charge on any atom is 0.416 e. The molecule has 0 atom stereocenters. The minimum absolute atomic E-state index is 0.0548. The first kappa shape index (κ1) is 14.7. The molecule has 0 saturated carbocycles. The van der Waals surface area contributed by atoms with Crippen molar-refractivity contribution in [3.63, 3.8) is 0 Å². The summed E-state index contributed by atoms with van der Waals surface area (Å²) in [4.78, 5) is 0. The fraction of sp³-hybridized carbons (Fsp3) is 0.143. The van der Waals surface area contributed by atoms with Gasteiger partial charge in [-0.25, -0.2) is 0 Å². The number of nitrogen functional groups attached to an aromatic ring is 1. The molecule has 3 N–H and O–H groups in total. The van der Waals surface area contributed by atoms with Gasteiger partial charge in [-0.3, -0.25) is 0 Å². The number of anilines is 3. The summed E-state index contributed by atoms with van der Waals surface area (Å²) in [6.45, 7) is 1.90. The summed E-state index contributed by atoms with van der Waals surface area (Å²) in [5, 5.41) is 3.04. The van der Waals surface area contributed by atoms with Crippen LogP contribution in [0.1, 0.15) is 11.1 Å². The molecule has 0 heterocycles. The Morgan fingerprint density at radius 3 is 2.35 bits per heavy atom. The molecule has 0 radical (unpaired) electrons. The van der Waals surface area contributed by atoms with Crippen LogP contribution in [0.5, 0.6) is 0 Å². The molecule has 2 aromatic rings. The van der Waals surface area contributed by atoms with Crippen LogP contribution in [0.4, 0.5) is 30.2 Å². The van der Waals surface area contributed by atoms with Gasteiger partial charge in [0, 0.05) is 10.2 Å². The fourth-order valence-corrected chi connectivity index (χ4v) is 2.09. The van der Waals surface area contributed by atoms with Crippen molar-refractivity contribution in [3.8, 4) is 0 Å². The van der Waals surface area contributed by atoms with E-state index >= 15 is 0 Å². The highest BCUT2D eigenvalue weighted by molar-refractivity contribution is 9.10. The van der Waals surface area contributed by atoms with Gasteiger partial charge in [0.2, 0.25) is 0 Å². The second kappa shape index (κ2) is 5.36. The third-order valence-corrected chi connectivity index (χ3v) is 3.34. The van der Waals surface area contributed by atoms with E-state index in [0.29, 0.717) is 5.69 Å². The monoisotopic (exact) mass is 344 g/mol. The topological polar surface area (TPSA) is 38.0 Å². The first-order valence-electron chi connectivity index (χ1n) is 5.77. The quantitative estimate of drug-likeness (QED) is 0.743. The molecule has 0 spiro atoms. The van der Waals surface area contributed by atoms with Gasteiger partial charge in [0.05, 0.1) is 16.9 Å². The molecule has 0 amide bonds. The predicted molar refractivity (Wildman–Crippen MR) is 78.0 cm³/mol. The van der Waals surface area contributed by atoms with E-state index in [-0.39, 0.29) is 5.69 Å². The average Bonchev–Trinajstić information content (AvgIpc) is 2.35. The van der Waals surface area contributed by atoms with Crippen molar-refractivity contribution in [1.29, 1.82) is 0 Å². The predicted octanol–water partition coefficient (Wildman–Crippen LogP) is 5.10. The Kier molecular flexibility index (Phi) is 3.94.